The van der Waals surface area contributed by atoms with Crippen molar-refractivity contribution in [2.45, 2.75) is 172 Å². The second-order valence-electron chi connectivity index (χ2n) is 11.6. The van der Waals surface area contributed by atoms with Gasteiger partial charge in [0.15, 0.2) is 6.29 Å². The molecule has 9 nitrogen and oxygen atoms in total. The van der Waals surface area contributed by atoms with E-state index in [4.69, 9.17) is 9.47 Å². The zero-order valence-electron chi connectivity index (χ0n) is 25.8. The first-order valence-electron chi connectivity index (χ1n) is 16.4. The SMILES string of the molecule is CCCCCCCCCCCCCC=C[C@@H](O)[C@H](CO[C@@H]1OC(CO)[C@H](O)C(O)C1O)NC(=O)CCCCCCC. The standard InChI is InChI=1S/C32H61NO8/c1-3-5-7-9-10-11-12-13-14-15-16-18-19-21-26(35)25(33-28(36)22-20-17-8-6-4-2)24-40-32-31(39)30(38)29(37)27(23-34)41-32/h19,21,25-27,29-32,34-35,37-39H,3-18,20,22-24H2,1-2H3,(H,33,36)/t25-,26+,27?,29-,30?,31?,32+/m0/s1. The van der Waals surface area contributed by atoms with Gasteiger partial charge in [0, 0.05) is 6.42 Å². The molecule has 0 bridgehead atoms. The lowest BCUT2D eigenvalue weighted by Gasteiger charge is -2.40. The Balaban J connectivity index is 2.50. The van der Waals surface area contributed by atoms with Crippen molar-refractivity contribution in [1.29, 1.82) is 0 Å². The highest BCUT2D eigenvalue weighted by Crippen LogP contribution is 2.22. The van der Waals surface area contributed by atoms with Crippen molar-refractivity contribution >= 4 is 5.91 Å². The van der Waals surface area contributed by atoms with Crippen molar-refractivity contribution in [2.24, 2.45) is 0 Å². The van der Waals surface area contributed by atoms with Crippen LogP contribution in [0.15, 0.2) is 12.2 Å². The molecule has 0 spiro atoms. The van der Waals surface area contributed by atoms with Gasteiger partial charge in [0.1, 0.15) is 24.4 Å². The van der Waals surface area contributed by atoms with Crippen LogP contribution in [0.1, 0.15) is 129 Å². The van der Waals surface area contributed by atoms with Gasteiger partial charge in [-0.25, -0.2) is 0 Å². The first-order valence-corrected chi connectivity index (χ1v) is 16.4. The van der Waals surface area contributed by atoms with Crippen molar-refractivity contribution in [1.82, 2.24) is 5.32 Å². The van der Waals surface area contributed by atoms with Crippen LogP contribution < -0.4 is 5.32 Å². The summed E-state index contributed by atoms with van der Waals surface area (Å²) >= 11 is 0. The van der Waals surface area contributed by atoms with Crippen LogP contribution in [0.2, 0.25) is 0 Å². The highest BCUT2D eigenvalue weighted by Gasteiger charge is 2.44. The molecule has 242 valence electrons. The smallest absolute Gasteiger partial charge is 0.220 e. The maximum absolute atomic E-state index is 12.6. The number of ether oxygens (including phenoxy) is 2. The molecule has 6 N–H and O–H groups in total. The number of hydrogen-bond acceptors (Lipinski definition) is 8. The predicted molar refractivity (Wildman–Crippen MR) is 161 cm³/mol. The molecule has 7 atom stereocenters. The number of carbonyl (C=O) groups is 1. The van der Waals surface area contributed by atoms with E-state index in [1.165, 1.54) is 57.8 Å². The second kappa shape index (κ2) is 24.4. The highest BCUT2D eigenvalue weighted by atomic mass is 16.7. The van der Waals surface area contributed by atoms with Crippen LogP contribution in [0.3, 0.4) is 0 Å². The molecule has 1 heterocycles. The van der Waals surface area contributed by atoms with Crippen molar-refractivity contribution in [3.8, 4) is 0 Å². The molecule has 0 saturated carbocycles. The van der Waals surface area contributed by atoms with Gasteiger partial charge >= 0.3 is 0 Å². The fourth-order valence-corrected chi connectivity index (χ4v) is 5.09. The number of amides is 1. The lowest BCUT2D eigenvalue weighted by atomic mass is 9.99. The lowest BCUT2D eigenvalue weighted by molar-refractivity contribution is -0.302. The first-order chi connectivity index (χ1) is 19.8. The molecular formula is C32H61NO8. The summed E-state index contributed by atoms with van der Waals surface area (Å²) in [4.78, 5) is 12.6. The van der Waals surface area contributed by atoms with E-state index < -0.39 is 49.5 Å². The minimum Gasteiger partial charge on any atom is -0.394 e. The number of rotatable bonds is 25. The van der Waals surface area contributed by atoms with E-state index in [9.17, 15) is 30.3 Å². The topological polar surface area (TPSA) is 149 Å². The third-order valence-corrected chi connectivity index (χ3v) is 7.86. The molecule has 1 aliphatic rings. The van der Waals surface area contributed by atoms with E-state index in [0.29, 0.717) is 6.42 Å². The predicted octanol–water partition coefficient (Wildman–Crippen LogP) is 4.27. The molecule has 3 unspecified atom stereocenters. The fraction of sp³-hybridized carbons (Fsp3) is 0.906. The van der Waals surface area contributed by atoms with Gasteiger partial charge < -0.3 is 40.3 Å². The van der Waals surface area contributed by atoms with E-state index in [1.807, 2.05) is 6.08 Å². The fourth-order valence-electron chi connectivity index (χ4n) is 5.09. The van der Waals surface area contributed by atoms with E-state index in [1.54, 1.807) is 6.08 Å². The Hall–Kier alpha value is -1.07. The van der Waals surface area contributed by atoms with Crippen molar-refractivity contribution < 1.29 is 39.8 Å². The van der Waals surface area contributed by atoms with Gasteiger partial charge in [0.2, 0.25) is 5.91 Å². The summed E-state index contributed by atoms with van der Waals surface area (Å²) in [6.07, 6.45) is 15.8. The summed E-state index contributed by atoms with van der Waals surface area (Å²) < 4.78 is 11.0. The van der Waals surface area contributed by atoms with E-state index in [0.717, 1.165) is 51.4 Å². The zero-order chi connectivity index (χ0) is 30.3. The second-order valence-corrected chi connectivity index (χ2v) is 11.6. The van der Waals surface area contributed by atoms with Gasteiger partial charge in [-0.15, -0.1) is 0 Å². The minimum atomic E-state index is -1.56. The van der Waals surface area contributed by atoms with Crippen molar-refractivity contribution in [2.75, 3.05) is 13.2 Å². The maximum Gasteiger partial charge on any atom is 0.220 e. The summed E-state index contributed by atoms with van der Waals surface area (Å²) in [5.41, 5.74) is 0. The lowest BCUT2D eigenvalue weighted by Crippen LogP contribution is -2.60. The van der Waals surface area contributed by atoms with E-state index in [-0.39, 0.29) is 12.5 Å². The number of aliphatic hydroxyl groups is 5. The molecule has 1 rings (SSSR count). The van der Waals surface area contributed by atoms with Crippen molar-refractivity contribution in [3.63, 3.8) is 0 Å². The highest BCUT2D eigenvalue weighted by molar-refractivity contribution is 5.76. The Bertz CT molecular complexity index is 662. The number of carbonyl (C=O) groups excluding carboxylic acids is 1. The molecule has 1 saturated heterocycles. The Morgan fingerprint density at radius 1 is 0.805 bits per heavy atom. The van der Waals surface area contributed by atoms with Gasteiger partial charge in [-0.3, -0.25) is 4.79 Å². The monoisotopic (exact) mass is 587 g/mol. The molecule has 1 aliphatic heterocycles. The number of unbranched alkanes of at least 4 members (excludes halogenated alkanes) is 15. The van der Waals surface area contributed by atoms with Gasteiger partial charge in [-0.05, 0) is 19.3 Å². The number of allylic oxidation sites excluding steroid dienone is 1. The van der Waals surface area contributed by atoms with Crippen LogP contribution in [-0.2, 0) is 14.3 Å². The van der Waals surface area contributed by atoms with Gasteiger partial charge in [-0.1, -0.05) is 116 Å². The maximum atomic E-state index is 12.6. The molecule has 1 fully saturated rings. The van der Waals surface area contributed by atoms with Crippen LogP contribution in [0.25, 0.3) is 0 Å². The van der Waals surface area contributed by atoms with Crippen LogP contribution in [-0.4, -0.2) is 87.5 Å². The Morgan fingerprint density at radius 3 is 1.90 bits per heavy atom. The number of hydrogen-bond donors (Lipinski definition) is 6. The third kappa shape index (κ3) is 17.0. The molecule has 1 amide bonds. The van der Waals surface area contributed by atoms with E-state index in [2.05, 4.69) is 19.2 Å². The summed E-state index contributed by atoms with van der Waals surface area (Å²) in [5.74, 6) is -0.193. The molecule has 0 radical (unpaired) electrons. The van der Waals surface area contributed by atoms with Gasteiger partial charge in [0.25, 0.3) is 0 Å². The van der Waals surface area contributed by atoms with Gasteiger partial charge in [0.05, 0.1) is 25.4 Å². The molecule has 41 heavy (non-hydrogen) atoms. The number of aliphatic hydroxyl groups excluding tert-OH is 5. The zero-order valence-corrected chi connectivity index (χ0v) is 25.8. The first kappa shape index (κ1) is 38.0. The Kier molecular flexibility index (Phi) is 22.6. The molecule has 0 aromatic heterocycles. The Labute approximate surface area is 248 Å². The Morgan fingerprint density at radius 2 is 1.34 bits per heavy atom. The molecule has 0 aromatic carbocycles. The van der Waals surface area contributed by atoms with Crippen LogP contribution in [0, 0.1) is 0 Å². The van der Waals surface area contributed by atoms with Crippen LogP contribution in [0.5, 0.6) is 0 Å². The molecule has 0 aliphatic carbocycles. The quantitative estimate of drug-likeness (QED) is 0.0685. The molecule has 9 heteroatoms. The summed E-state index contributed by atoms with van der Waals surface area (Å²) in [6, 6.07) is -0.793. The summed E-state index contributed by atoms with van der Waals surface area (Å²) in [7, 11) is 0. The molecule has 0 aromatic rings. The largest absolute Gasteiger partial charge is 0.394 e. The average Bonchev–Trinajstić information content (AvgIpc) is 2.97. The van der Waals surface area contributed by atoms with E-state index >= 15 is 0 Å². The molecular weight excluding hydrogens is 526 g/mol. The normalized spacial score (nSPS) is 24.5. The van der Waals surface area contributed by atoms with Gasteiger partial charge in [-0.2, -0.15) is 0 Å². The van der Waals surface area contributed by atoms with Crippen molar-refractivity contribution in [3.05, 3.63) is 12.2 Å². The van der Waals surface area contributed by atoms with Crippen LogP contribution in [0.4, 0.5) is 0 Å². The average molecular weight is 588 g/mol. The number of nitrogens with one attached hydrogen (secondary N) is 1. The van der Waals surface area contributed by atoms with Crippen LogP contribution >= 0.6 is 0 Å². The third-order valence-electron chi connectivity index (χ3n) is 7.86. The minimum absolute atomic E-state index is 0.186. The summed E-state index contributed by atoms with van der Waals surface area (Å²) in [6.45, 7) is 3.63. The summed E-state index contributed by atoms with van der Waals surface area (Å²) in [5, 5.41) is 53.4.